The van der Waals surface area contributed by atoms with E-state index in [1.54, 1.807) is 0 Å². The highest BCUT2D eigenvalue weighted by Crippen LogP contribution is 2.46. The largest absolute Gasteiger partial charge is 0.340 e. The molecule has 0 aromatic rings. The Kier molecular flexibility index (Phi) is 4.20. The van der Waals surface area contributed by atoms with Crippen molar-refractivity contribution in [2.45, 2.75) is 44.4 Å². The van der Waals surface area contributed by atoms with Crippen molar-refractivity contribution < 1.29 is 0 Å². The molecule has 4 unspecified atom stereocenters. The number of rotatable bonds is 4. The number of nitrogens with one attached hydrogen (secondary N) is 1. The fourth-order valence-electron chi connectivity index (χ4n) is 4.56. The summed E-state index contributed by atoms with van der Waals surface area (Å²) in [5, 5.41) is 0. The maximum absolute atomic E-state index is 3.63. The fourth-order valence-corrected chi connectivity index (χ4v) is 6.52. The summed E-state index contributed by atoms with van der Waals surface area (Å²) in [7, 11) is 0.946. The number of hydrogen-bond donors (Lipinski definition) is 1. The quantitative estimate of drug-likeness (QED) is 0.800. The van der Waals surface area contributed by atoms with E-state index in [0.717, 1.165) is 23.8 Å². The van der Waals surface area contributed by atoms with Crippen LogP contribution in [0.3, 0.4) is 0 Å². The summed E-state index contributed by atoms with van der Waals surface area (Å²) in [4.78, 5) is 6.42. The summed E-state index contributed by atoms with van der Waals surface area (Å²) >= 11 is 0. The predicted octanol–water partition coefficient (Wildman–Crippen LogP) is 3.25. The molecule has 4 atom stereocenters. The van der Waals surface area contributed by atoms with Crippen molar-refractivity contribution in [1.29, 1.82) is 0 Å². The lowest BCUT2D eigenvalue weighted by Gasteiger charge is -2.30. The second-order valence-corrected chi connectivity index (χ2v) is 12.2. The summed E-state index contributed by atoms with van der Waals surface area (Å²) in [6, 6.07) is 2.24. The minimum Gasteiger partial charge on any atom is -0.340 e. The van der Waals surface area contributed by atoms with Crippen LogP contribution in [-0.4, -0.2) is 39.3 Å². The zero-order valence-electron chi connectivity index (χ0n) is 13.3. The average Bonchev–Trinajstić information content (AvgIpc) is 3.07. The van der Waals surface area contributed by atoms with Crippen LogP contribution in [0.1, 0.15) is 19.3 Å². The molecule has 0 radical (unpaired) electrons. The third-order valence-corrected chi connectivity index (χ3v) is 8.71. The molecule has 3 heteroatoms. The van der Waals surface area contributed by atoms with Crippen molar-refractivity contribution in [3.63, 3.8) is 0 Å². The lowest BCUT2D eigenvalue weighted by Crippen LogP contribution is -2.44. The molecule has 0 aromatic carbocycles. The van der Waals surface area contributed by atoms with Crippen LogP contribution in [0.25, 0.3) is 0 Å². The van der Waals surface area contributed by atoms with Gasteiger partial charge in [0, 0.05) is 6.04 Å². The fraction of sp³-hybridized carbons (Fsp3) is 0.765. The molecule has 0 bridgehead atoms. The molecule has 3 aliphatic rings. The van der Waals surface area contributed by atoms with E-state index < -0.39 is 8.24 Å². The number of allylic oxidation sites excluding steroid dienone is 3. The summed E-state index contributed by atoms with van der Waals surface area (Å²) in [6.07, 6.45) is 13.8. The van der Waals surface area contributed by atoms with Crippen LogP contribution in [0.2, 0.25) is 19.1 Å². The highest BCUT2D eigenvalue weighted by Gasteiger charge is 2.45. The van der Waals surface area contributed by atoms with Crippen LogP contribution >= 0.6 is 0 Å². The highest BCUT2D eigenvalue weighted by atomic mass is 28.3. The molecule has 0 spiro atoms. The molecular weight excluding hydrogens is 260 g/mol. The molecule has 1 N–H and O–H groups in total. The molecule has 0 aromatic heterocycles. The van der Waals surface area contributed by atoms with Gasteiger partial charge in [-0.15, -0.1) is 0 Å². The van der Waals surface area contributed by atoms with Gasteiger partial charge in [-0.05, 0) is 63.2 Å². The number of likely N-dealkylation sites (tertiary alicyclic amines) is 1. The highest BCUT2D eigenvalue weighted by molar-refractivity contribution is 6.74. The third-order valence-electron chi connectivity index (χ3n) is 5.81. The van der Waals surface area contributed by atoms with E-state index in [4.69, 9.17) is 0 Å². The van der Waals surface area contributed by atoms with Gasteiger partial charge in [-0.2, -0.15) is 0 Å². The Bertz CT molecular complexity index is 396. The van der Waals surface area contributed by atoms with E-state index in [0.29, 0.717) is 0 Å². The van der Waals surface area contributed by atoms with Gasteiger partial charge in [0.15, 0.2) is 0 Å². The summed E-state index contributed by atoms with van der Waals surface area (Å²) in [5.74, 6) is 2.47. The minimum atomic E-state index is -1.21. The van der Waals surface area contributed by atoms with Gasteiger partial charge < -0.3 is 4.98 Å². The molecule has 20 heavy (non-hydrogen) atoms. The van der Waals surface area contributed by atoms with Gasteiger partial charge in [0.2, 0.25) is 0 Å². The molecule has 2 aliphatic carbocycles. The van der Waals surface area contributed by atoms with Crippen LogP contribution in [0.4, 0.5) is 0 Å². The molecule has 1 saturated heterocycles. The molecule has 1 heterocycles. The number of nitrogens with zero attached hydrogens (tertiary/aromatic N) is 1. The van der Waals surface area contributed by atoms with Crippen LogP contribution < -0.4 is 4.98 Å². The zero-order chi connectivity index (χ0) is 14.2. The van der Waals surface area contributed by atoms with Crippen molar-refractivity contribution in [3.8, 4) is 0 Å². The first-order valence-corrected chi connectivity index (χ1v) is 11.6. The van der Waals surface area contributed by atoms with Crippen molar-refractivity contribution in [2.75, 3.05) is 20.1 Å². The first-order chi connectivity index (χ1) is 9.61. The van der Waals surface area contributed by atoms with E-state index in [2.05, 4.69) is 54.3 Å². The topological polar surface area (TPSA) is 15.3 Å². The van der Waals surface area contributed by atoms with Gasteiger partial charge in [-0.3, -0.25) is 4.90 Å². The summed E-state index contributed by atoms with van der Waals surface area (Å²) < 4.78 is 0. The predicted molar refractivity (Wildman–Crippen MR) is 89.3 cm³/mol. The van der Waals surface area contributed by atoms with Crippen molar-refractivity contribution in [2.24, 2.45) is 17.8 Å². The molecule has 3 rings (SSSR count). The van der Waals surface area contributed by atoms with E-state index >= 15 is 0 Å². The van der Waals surface area contributed by atoms with Crippen LogP contribution in [0.5, 0.6) is 0 Å². The zero-order valence-corrected chi connectivity index (χ0v) is 14.3. The van der Waals surface area contributed by atoms with Crippen molar-refractivity contribution >= 4 is 8.24 Å². The van der Waals surface area contributed by atoms with E-state index in [9.17, 15) is 0 Å². The first-order valence-electron chi connectivity index (χ1n) is 8.39. The Morgan fingerprint density at radius 2 is 1.75 bits per heavy atom. The van der Waals surface area contributed by atoms with Gasteiger partial charge in [0.25, 0.3) is 0 Å². The van der Waals surface area contributed by atoms with Gasteiger partial charge >= 0.3 is 0 Å². The molecular formula is C17H30N2Si. The van der Waals surface area contributed by atoms with Gasteiger partial charge in [-0.25, -0.2) is 0 Å². The molecule has 2 nitrogen and oxygen atoms in total. The second kappa shape index (κ2) is 5.78. The van der Waals surface area contributed by atoms with E-state index in [1.165, 1.54) is 38.4 Å². The second-order valence-electron chi connectivity index (χ2n) is 7.57. The van der Waals surface area contributed by atoms with Crippen LogP contribution in [0.15, 0.2) is 24.3 Å². The number of fused-ring (bicyclic) bond motifs is 1. The van der Waals surface area contributed by atoms with Crippen molar-refractivity contribution in [1.82, 2.24) is 9.88 Å². The van der Waals surface area contributed by atoms with E-state index in [-0.39, 0.29) is 0 Å². The third kappa shape index (κ3) is 2.81. The normalized spacial score (nSPS) is 37.5. The molecule has 1 saturated carbocycles. The lowest BCUT2D eigenvalue weighted by atomic mass is 9.86. The Morgan fingerprint density at radius 1 is 1.10 bits per heavy atom. The maximum Gasteiger partial charge on any atom is 0.119 e. The first kappa shape index (κ1) is 14.5. The monoisotopic (exact) mass is 290 g/mol. The van der Waals surface area contributed by atoms with Crippen LogP contribution in [0, 0.1) is 17.8 Å². The Balaban J connectivity index is 1.75. The Morgan fingerprint density at radius 3 is 2.40 bits per heavy atom. The number of hydrogen-bond acceptors (Lipinski definition) is 2. The summed E-state index contributed by atoms with van der Waals surface area (Å²) in [6.45, 7) is 7.64. The minimum absolute atomic E-state index is 0.782. The maximum atomic E-state index is 3.63. The molecule has 112 valence electrons. The average molecular weight is 291 g/mol. The van der Waals surface area contributed by atoms with Crippen LogP contribution in [-0.2, 0) is 0 Å². The van der Waals surface area contributed by atoms with Crippen molar-refractivity contribution in [3.05, 3.63) is 24.3 Å². The molecule has 1 aliphatic heterocycles. The van der Waals surface area contributed by atoms with E-state index in [1.807, 2.05) is 0 Å². The summed E-state index contributed by atoms with van der Waals surface area (Å²) in [5.41, 5.74) is 0. The SMILES string of the molecule is CN[Si](C)(C)CC1CC(N2CCCC2)C2C=CC=CC12. The Labute approximate surface area is 125 Å². The van der Waals surface area contributed by atoms with Gasteiger partial charge in [0.1, 0.15) is 8.24 Å². The standard InChI is InChI=1S/C17H30N2Si/c1-18-20(2,3)13-14-12-17(19-10-6-7-11-19)16-9-5-4-8-15(14)16/h4-5,8-9,14-18H,6-7,10-13H2,1-3H3. The molecule has 0 amide bonds. The smallest absolute Gasteiger partial charge is 0.119 e. The van der Waals surface area contributed by atoms with Gasteiger partial charge in [-0.1, -0.05) is 37.4 Å². The molecule has 2 fully saturated rings. The Hall–Kier alpha value is -0.383. The lowest BCUT2D eigenvalue weighted by molar-refractivity contribution is 0.210. The van der Waals surface area contributed by atoms with Gasteiger partial charge in [0.05, 0.1) is 0 Å².